The SMILES string of the molecule is Cc1ccc(CN2C(=O)[C@@H]([C@H](C)C(=O)NCc3ccccc3)Sc3ccccc32)cc1. The summed E-state index contributed by atoms with van der Waals surface area (Å²) in [4.78, 5) is 29.2. The molecular weight excluding hydrogens is 404 g/mol. The lowest BCUT2D eigenvalue weighted by molar-refractivity contribution is -0.128. The van der Waals surface area contributed by atoms with E-state index in [9.17, 15) is 9.59 Å². The Bertz CT molecular complexity index is 1070. The van der Waals surface area contributed by atoms with Crippen molar-refractivity contribution in [3.05, 3.63) is 95.6 Å². The Labute approximate surface area is 187 Å². The second-order valence-electron chi connectivity index (χ2n) is 7.91. The molecule has 0 unspecified atom stereocenters. The number of fused-ring (bicyclic) bond motifs is 1. The molecule has 3 aromatic rings. The number of hydrogen-bond donors (Lipinski definition) is 1. The number of benzene rings is 3. The molecule has 31 heavy (non-hydrogen) atoms. The molecule has 1 heterocycles. The van der Waals surface area contributed by atoms with Crippen LogP contribution >= 0.6 is 11.8 Å². The number of hydrogen-bond acceptors (Lipinski definition) is 3. The highest BCUT2D eigenvalue weighted by molar-refractivity contribution is 8.01. The summed E-state index contributed by atoms with van der Waals surface area (Å²) in [5.41, 5.74) is 4.20. The fourth-order valence-corrected chi connectivity index (χ4v) is 4.96. The van der Waals surface area contributed by atoms with E-state index in [-0.39, 0.29) is 11.8 Å². The maximum absolute atomic E-state index is 13.5. The lowest BCUT2D eigenvalue weighted by Crippen LogP contribution is -2.47. The van der Waals surface area contributed by atoms with E-state index in [1.54, 1.807) is 0 Å². The van der Waals surface area contributed by atoms with Crippen LogP contribution in [0.15, 0.2) is 83.8 Å². The smallest absolute Gasteiger partial charge is 0.241 e. The monoisotopic (exact) mass is 430 g/mol. The Hall–Kier alpha value is -3.05. The van der Waals surface area contributed by atoms with Gasteiger partial charge < -0.3 is 10.2 Å². The molecule has 1 aliphatic heterocycles. The summed E-state index contributed by atoms with van der Waals surface area (Å²) in [6, 6.07) is 26.0. The van der Waals surface area contributed by atoms with E-state index >= 15 is 0 Å². The topological polar surface area (TPSA) is 49.4 Å². The van der Waals surface area contributed by atoms with Gasteiger partial charge >= 0.3 is 0 Å². The van der Waals surface area contributed by atoms with Gasteiger partial charge in [-0.3, -0.25) is 9.59 Å². The van der Waals surface area contributed by atoms with Crippen LogP contribution in [0.4, 0.5) is 5.69 Å². The van der Waals surface area contributed by atoms with E-state index in [4.69, 9.17) is 0 Å². The van der Waals surface area contributed by atoms with Crippen molar-refractivity contribution in [2.75, 3.05) is 4.90 Å². The maximum Gasteiger partial charge on any atom is 0.241 e. The number of amides is 2. The minimum absolute atomic E-state index is 0.0216. The zero-order valence-corrected chi connectivity index (χ0v) is 18.6. The number of carbonyl (C=O) groups is 2. The van der Waals surface area contributed by atoms with Gasteiger partial charge in [-0.25, -0.2) is 0 Å². The minimum Gasteiger partial charge on any atom is -0.352 e. The van der Waals surface area contributed by atoms with Crippen LogP contribution in [0.1, 0.15) is 23.6 Å². The summed E-state index contributed by atoms with van der Waals surface area (Å²) in [7, 11) is 0. The molecule has 4 nitrogen and oxygen atoms in total. The van der Waals surface area contributed by atoms with E-state index in [2.05, 4.69) is 29.6 Å². The first-order valence-electron chi connectivity index (χ1n) is 10.5. The summed E-state index contributed by atoms with van der Waals surface area (Å²) in [5, 5.41) is 2.53. The number of carbonyl (C=O) groups excluding carboxylic acids is 2. The summed E-state index contributed by atoms with van der Waals surface area (Å²) < 4.78 is 0. The average Bonchev–Trinajstić information content (AvgIpc) is 2.80. The number of anilines is 1. The van der Waals surface area contributed by atoms with Crippen LogP contribution in [-0.2, 0) is 22.7 Å². The number of nitrogens with one attached hydrogen (secondary N) is 1. The number of rotatable bonds is 6. The van der Waals surface area contributed by atoms with Crippen LogP contribution in [0.3, 0.4) is 0 Å². The Kier molecular flexibility index (Phi) is 6.42. The van der Waals surface area contributed by atoms with Crippen molar-refractivity contribution in [1.29, 1.82) is 0 Å². The van der Waals surface area contributed by atoms with Gasteiger partial charge in [0.25, 0.3) is 0 Å². The zero-order valence-electron chi connectivity index (χ0n) is 17.7. The van der Waals surface area contributed by atoms with Gasteiger partial charge in [0.2, 0.25) is 11.8 Å². The van der Waals surface area contributed by atoms with Crippen molar-refractivity contribution in [2.24, 2.45) is 5.92 Å². The van der Waals surface area contributed by atoms with Gasteiger partial charge in [0.05, 0.1) is 18.2 Å². The Morgan fingerprint density at radius 1 is 0.968 bits per heavy atom. The molecule has 0 saturated heterocycles. The van der Waals surface area contributed by atoms with Crippen LogP contribution in [0, 0.1) is 12.8 Å². The largest absolute Gasteiger partial charge is 0.352 e. The van der Waals surface area contributed by atoms with Crippen molar-refractivity contribution < 1.29 is 9.59 Å². The van der Waals surface area contributed by atoms with Crippen LogP contribution < -0.4 is 10.2 Å². The van der Waals surface area contributed by atoms with E-state index in [1.807, 2.05) is 73.3 Å². The summed E-state index contributed by atoms with van der Waals surface area (Å²) >= 11 is 1.49. The first kappa shape index (κ1) is 21.2. The third-order valence-corrected chi connectivity index (χ3v) is 7.02. The van der Waals surface area contributed by atoms with Crippen molar-refractivity contribution in [1.82, 2.24) is 5.32 Å². The third-order valence-electron chi connectivity index (χ3n) is 5.56. The summed E-state index contributed by atoms with van der Waals surface area (Å²) in [6.45, 7) is 4.84. The van der Waals surface area contributed by atoms with E-state index in [0.717, 1.165) is 21.7 Å². The molecule has 0 bridgehead atoms. The van der Waals surface area contributed by atoms with Gasteiger partial charge in [-0.2, -0.15) is 0 Å². The molecule has 2 amide bonds. The molecule has 1 N–H and O–H groups in total. The molecule has 2 atom stereocenters. The summed E-state index contributed by atoms with van der Waals surface area (Å²) in [6.07, 6.45) is 0. The molecule has 0 spiro atoms. The predicted molar refractivity (Wildman–Crippen MR) is 126 cm³/mol. The van der Waals surface area contributed by atoms with Gasteiger partial charge in [0.1, 0.15) is 5.25 Å². The molecule has 0 aliphatic carbocycles. The predicted octanol–water partition coefficient (Wildman–Crippen LogP) is 4.96. The van der Waals surface area contributed by atoms with Crippen molar-refractivity contribution in [3.8, 4) is 0 Å². The zero-order chi connectivity index (χ0) is 21.8. The molecule has 158 valence electrons. The highest BCUT2D eigenvalue weighted by Crippen LogP contribution is 2.42. The molecule has 1 aliphatic rings. The van der Waals surface area contributed by atoms with Crippen molar-refractivity contribution >= 4 is 29.3 Å². The molecule has 3 aromatic carbocycles. The Morgan fingerprint density at radius 3 is 2.39 bits per heavy atom. The molecule has 5 heteroatoms. The lowest BCUT2D eigenvalue weighted by Gasteiger charge is -2.35. The molecule has 0 saturated carbocycles. The van der Waals surface area contributed by atoms with E-state index in [0.29, 0.717) is 13.1 Å². The number of aryl methyl sites for hydroxylation is 1. The fourth-order valence-electron chi connectivity index (χ4n) is 3.68. The number of nitrogens with zero attached hydrogens (tertiary/aromatic N) is 1. The first-order valence-corrected chi connectivity index (χ1v) is 11.3. The molecule has 0 fully saturated rings. The minimum atomic E-state index is -0.462. The number of thioether (sulfide) groups is 1. The van der Waals surface area contributed by atoms with Crippen LogP contribution in [0.2, 0.25) is 0 Å². The maximum atomic E-state index is 13.5. The van der Waals surface area contributed by atoms with Gasteiger partial charge in [0.15, 0.2) is 0 Å². The average molecular weight is 431 g/mol. The highest BCUT2D eigenvalue weighted by atomic mass is 32.2. The standard InChI is InChI=1S/C26H26N2O2S/c1-18-12-14-21(15-13-18)17-28-22-10-6-7-11-23(22)31-24(26(28)30)19(2)25(29)27-16-20-8-4-3-5-9-20/h3-15,19,24H,16-17H2,1-2H3,(H,27,29)/t19-,24+/m0/s1. The lowest BCUT2D eigenvalue weighted by atomic mass is 10.0. The number of para-hydroxylation sites is 1. The Balaban J connectivity index is 1.53. The fraction of sp³-hybridized carbons (Fsp3) is 0.231. The van der Waals surface area contributed by atoms with E-state index < -0.39 is 11.2 Å². The first-order chi connectivity index (χ1) is 15.0. The molecule has 0 aromatic heterocycles. The van der Waals surface area contributed by atoms with Gasteiger partial charge in [-0.15, -0.1) is 11.8 Å². The highest BCUT2D eigenvalue weighted by Gasteiger charge is 2.39. The molecular formula is C26H26N2O2S. The second-order valence-corrected chi connectivity index (χ2v) is 9.09. The van der Waals surface area contributed by atoms with Crippen molar-refractivity contribution in [3.63, 3.8) is 0 Å². The Morgan fingerprint density at radius 2 is 1.65 bits per heavy atom. The van der Waals surface area contributed by atoms with Gasteiger partial charge in [0, 0.05) is 11.4 Å². The summed E-state index contributed by atoms with van der Waals surface area (Å²) in [5.74, 6) is -0.578. The third kappa shape index (κ3) is 4.83. The van der Waals surface area contributed by atoms with Crippen LogP contribution in [0.25, 0.3) is 0 Å². The quantitative estimate of drug-likeness (QED) is 0.602. The van der Waals surface area contributed by atoms with Crippen LogP contribution in [0.5, 0.6) is 0 Å². The second kappa shape index (κ2) is 9.40. The van der Waals surface area contributed by atoms with Crippen molar-refractivity contribution in [2.45, 2.75) is 37.1 Å². The van der Waals surface area contributed by atoms with Gasteiger partial charge in [-0.05, 0) is 30.2 Å². The molecule has 0 radical (unpaired) electrons. The van der Waals surface area contributed by atoms with E-state index in [1.165, 1.54) is 17.3 Å². The van der Waals surface area contributed by atoms with Gasteiger partial charge in [-0.1, -0.05) is 79.2 Å². The normalized spacial score (nSPS) is 16.5. The molecule has 4 rings (SSSR count). The van der Waals surface area contributed by atoms with Crippen LogP contribution in [-0.4, -0.2) is 17.1 Å².